The minimum atomic E-state index is -1.39. The van der Waals surface area contributed by atoms with Gasteiger partial charge in [-0.25, -0.2) is 9.18 Å². The first-order chi connectivity index (χ1) is 14.4. The van der Waals surface area contributed by atoms with Crippen molar-refractivity contribution in [1.29, 1.82) is 5.41 Å². The molecule has 9 heteroatoms. The minimum absolute atomic E-state index is 0.0774. The number of nitrogens with one attached hydrogen (secondary N) is 2. The molecule has 1 saturated heterocycles. The lowest BCUT2D eigenvalue weighted by Crippen LogP contribution is -2.23. The topological polar surface area (TPSA) is 127 Å². The summed E-state index contributed by atoms with van der Waals surface area (Å²) in [5.74, 6) is -1.92. The Morgan fingerprint density at radius 2 is 2.13 bits per heavy atom. The molecule has 5 N–H and O–H groups in total. The van der Waals surface area contributed by atoms with Gasteiger partial charge in [0.25, 0.3) is 0 Å². The van der Waals surface area contributed by atoms with Gasteiger partial charge in [-0.1, -0.05) is 0 Å². The lowest BCUT2D eigenvalue weighted by molar-refractivity contribution is -0.138. The molecule has 0 saturated carbocycles. The largest absolute Gasteiger partial charge is 0.494 e. The van der Waals surface area contributed by atoms with E-state index >= 15 is 4.39 Å². The normalized spacial score (nSPS) is 16.7. The van der Waals surface area contributed by atoms with Gasteiger partial charge in [-0.3, -0.25) is 5.41 Å². The second-order valence-electron chi connectivity index (χ2n) is 6.77. The predicted molar refractivity (Wildman–Crippen MR) is 109 cm³/mol. The molecule has 160 valence electrons. The van der Waals surface area contributed by atoms with Crippen molar-refractivity contribution in [3.8, 4) is 11.5 Å². The van der Waals surface area contributed by atoms with Crippen LogP contribution in [0.5, 0.6) is 11.5 Å². The Bertz CT molecular complexity index is 914. The van der Waals surface area contributed by atoms with Crippen molar-refractivity contribution < 1.29 is 28.5 Å². The van der Waals surface area contributed by atoms with E-state index in [1.165, 1.54) is 12.1 Å². The zero-order valence-corrected chi connectivity index (χ0v) is 16.5. The quantitative estimate of drug-likeness (QED) is 0.365. The highest BCUT2D eigenvalue weighted by molar-refractivity contribution is 5.95. The molecule has 2 aromatic carbocycles. The number of rotatable bonds is 9. The zero-order chi connectivity index (χ0) is 21.7. The molecule has 0 unspecified atom stereocenters. The molecule has 8 nitrogen and oxygen atoms in total. The van der Waals surface area contributed by atoms with Crippen LogP contribution in [0.1, 0.15) is 30.5 Å². The second kappa shape index (κ2) is 9.45. The van der Waals surface area contributed by atoms with Crippen molar-refractivity contribution >= 4 is 17.5 Å². The molecule has 30 heavy (non-hydrogen) atoms. The van der Waals surface area contributed by atoms with E-state index in [0.717, 1.165) is 0 Å². The lowest BCUT2D eigenvalue weighted by atomic mass is 10.0. The van der Waals surface area contributed by atoms with Crippen molar-refractivity contribution in [1.82, 2.24) is 0 Å². The number of carbonyl (C=O) groups is 1. The first kappa shape index (κ1) is 21.4. The van der Waals surface area contributed by atoms with E-state index in [1.54, 1.807) is 31.2 Å². The molecule has 1 heterocycles. The lowest BCUT2D eigenvalue weighted by Gasteiger charge is -2.21. The molecule has 2 aromatic rings. The van der Waals surface area contributed by atoms with Crippen molar-refractivity contribution in [2.75, 3.05) is 25.1 Å². The smallest absolute Gasteiger partial charge is 0.330 e. The maximum atomic E-state index is 15.3. The number of hydrogen-bond donors (Lipinski definition) is 4. The van der Waals surface area contributed by atoms with Crippen LogP contribution in [0, 0.1) is 11.2 Å². The monoisotopic (exact) mass is 417 g/mol. The number of nitrogen functional groups attached to an aromatic ring is 1. The number of hydrogen-bond acceptors (Lipinski definition) is 6. The summed E-state index contributed by atoms with van der Waals surface area (Å²) >= 11 is 0. The molecule has 1 aliphatic rings. The fraction of sp³-hybridized carbons (Fsp3) is 0.333. The third-order valence-corrected chi connectivity index (χ3v) is 4.60. The van der Waals surface area contributed by atoms with Gasteiger partial charge in [0.1, 0.15) is 17.7 Å². The molecule has 0 spiro atoms. The van der Waals surface area contributed by atoms with Gasteiger partial charge in [-0.05, 0) is 37.3 Å². The molecular formula is C21H24FN3O5. The first-order valence-corrected chi connectivity index (χ1v) is 9.53. The van der Waals surface area contributed by atoms with Crippen LogP contribution in [0.15, 0.2) is 36.4 Å². The maximum absolute atomic E-state index is 15.3. The Labute approximate surface area is 173 Å². The van der Waals surface area contributed by atoms with Crippen molar-refractivity contribution in [3.63, 3.8) is 0 Å². The van der Waals surface area contributed by atoms with E-state index in [1.807, 2.05) is 0 Å². The molecule has 1 aliphatic heterocycles. The van der Waals surface area contributed by atoms with Crippen LogP contribution >= 0.6 is 0 Å². The molecule has 0 aromatic heterocycles. The Morgan fingerprint density at radius 1 is 1.40 bits per heavy atom. The molecule has 0 radical (unpaired) electrons. The van der Waals surface area contributed by atoms with Gasteiger partial charge in [0.05, 0.1) is 19.8 Å². The molecule has 0 aliphatic carbocycles. The number of halogens is 1. The number of ether oxygens (including phenoxy) is 3. The molecule has 1 fully saturated rings. The third-order valence-electron chi connectivity index (χ3n) is 4.60. The summed E-state index contributed by atoms with van der Waals surface area (Å²) in [6.07, 6.45) is 0.316. The van der Waals surface area contributed by atoms with Crippen LogP contribution in [0.2, 0.25) is 0 Å². The highest BCUT2D eigenvalue weighted by Gasteiger charge is 2.28. The van der Waals surface area contributed by atoms with Crippen LogP contribution in [-0.4, -0.2) is 42.8 Å². The molecule has 0 bridgehead atoms. The van der Waals surface area contributed by atoms with E-state index in [-0.39, 0.29) is 23.3 Å². The summed E-state index contributed by atoms with van der Waals surface area (Å²) in [5.41, 5.74) is 6.25. The first-order valence-electron chi connectivity index (χ1n) is 9.53. The molecule has 2 atom stereocenters. The van der Waals surface area contributed by atoms with Crippen LogP contribution in [-0.2, 0) is 9.53 Å². The average molecular weight is 417 g/mol. The fourth-order valence-electron chi connectivity index (χ4n) is 3.11. The fourth-order valence-corrected chi connectivity index (χ4v) is 3.11. The summed E-state index contributed by atoms with van der Waals surface area (Å²) in [7, 11) is 0. The molecule has 3 rings (SSSR count). The second-order valence-corrected chi connectivity index (χ2v) is 6.77. The maximum Gasteiger partial charge on any atom is 0.330 e. The number of carboxylic acid groups (broad SMARTS) is 1. The highest BCUT2D eigenvalue weighted by atomic mass is 19.1. The summed E-state index contributed by atoms with van der Waals surface area (Å²) in [6, 6.07) is 7.68. The SMILES string of the molecule is CCOc1cc(O[C@@H]2CCOC2)c(F)c([C@H](Nc2ccc(C(=N)N)cc2)C(=O)O)c1. The van der Waals surface area contributed by atoms with Gasteiger partial charge in [0, 0.05) is 29.3 Å². The standard InChI is InChI=1S/C21H24FN3O5/c1-2-29-15-9-16(18(22)17(10-15)30-14-7-8-28-11-14)19(21(26)27)25-13-5-3-12(4-6-13)20(23)24/h3-6,9-10,14,19,25H,2,7-8,11H2,1H3,(H3,23,24)(H,26,27)/t14-,19+/m1/s1. The number of benzene rings is 2. The van der Waals surface area contributed by atoms with Gasteiger partial charge in [-0.2, -0.15) is 0 Å². The Morgan fingerprint density at radius 3 is 2.70 bits per heavy atom. The average Bonchev–Trinajstić information content (AvgIpc) is 3.22. The van der Waals surface area contributed by atoms with E-state index in [2.05, 4.69) is 5.32 Å². The van der Waals surface area contributed by atoms with Crippen LogP contribution in [0.3, 0.4) is 0 Å². The van der Waals surface area contributed by atoms with E-state index < -0.39 is 17.8 Å². The summed E-state index contributed by atoms with van der Waals surface area (Å²) in [4.78, 5) is 12.0. The van der Waals surface area contributed by atoms with Crippen molar-refractivity contribution in [2.24, 2.45) is 5.73 Å². The van der Waals surface area contributed by atoms with Crippen molar-refractivity contribution in [3.05, 3.63) is 53.3 Å². The predicted octanol–water partition coefficient (Wildman–Crippen LogP) is 2.91. The van der Waals surface area contributed by atoms with E-state index in [0.29, 0.717) is 43.2 Å². The third kappa shape index (κ3) is 4.98. The van der Waals surface area contributed by atoms with E-state index in [9.17, 15) is 9.90 Å². The van der Waals surface area contributed by atoms with Gasteiger partial charge in [0.15, 0.2) is 17.6 Å². The highest BCUT2D eigenvalue weighted by Crippen LogP contribution is 2.34. The Hall–Kier alpha value is -3.33. The summed E-state index contributed by atoms with van der Waals surface area (Å²) in [6.45, 7) is 2.98. The number of nitrogens with two attached hydrogens (primary N) is 1. The van der Waals surface area contributed by atoms with Gasteiger partial charge < -0.3 is 30.4 Å². The number of anilines is 1. The zero-order valence-electron chi connectivity index (χ0n) is 16.5. The number of amidine groups is 1. The van der Waals surface area contributed by atoms with E-state index in [4.69, 9.17) is 25.4 Å². The number of carboxylic acids is 1. The van der Waals surface area contributed by atoms with Gasteiger partial charge >= 0.3 is 5.97 Å². The summed E-state index contributed by atoms with van der Waals surface area (Å²) in [5, 5.41) is 20.0. The Kier molecular flexibility index (Phi) is 6.73. The summed E-state index contributed by atoms with van der Waals surface area (Å²) < 4.78 is 31.7. The van der Waals surface area contributed by atoms with Crippen LogP contribution in [0.4, 0.5) is 10.1 Å². The Balaban J connectivity index is 1.94. The van der Waals surface area contributed by atoms with Gasteiger partial charge in [-0.15, -0.1) is 0 Å². The van der Waals surface area contributed by atoms with Crippen molar-refractivity contribution in [2.45, 2.75) is 25.5 Å². The van der Waals surface area contributed by atoms with Crippen LogP contribution < -0.4 is 20.5 Å². The van der Waals surface area contributed by atoms with Crippen LogP contribution in [0.25, 0.3) is 0 Å². The molecule has 0 amide bonds. The molecular weight excluding hydrogens is 393 g/mol. The van der Waals surface area contributed by atoms with Gasteiger partial charge in [0.2, 0.25) is 0 Å². The number of aliphatic carboxylic acids is 1. The minimum Gasteiger partial charge on any atom is -0.494 e.